The Morgan fingerprint density at radius 1 is 1.27 bits per heavy atom. The van der Waals surface area contributed by atoms with Crippen LogP contribution in [0.1, 0.15) is 19.3 Å². The highest BCUT2D eigenvalue weighted by Gasteiger charge is 2.57. The Morgan fingerprint density at radius 2 is 2.15 bits per heavy atom. The SMILES string of the molecule is CN1CC2(CCC2)C1C(=O)Nc1cc2cc(-c3cncs3)ccc2cn1. The number of thiazole rings is 1. The summed E-state index contributed by atoms with van der Waals surface area (Å²) < 4.78 is 0. The van der Waals surface area contributed by atoms with Crippen LogP contribution in [0.15, 0.2) is 42.2 Å². The zero-order valence-corrected chi connectivity index (χ0v) is 15.4. The van der Waals surface area contributed by atoms with Crippen LogP contribution in [0, 0.1) is 5.41 Å². The van der Waals surface area contributed by atoms with Crippen molar-refractivity contribution in [1.82, 2.24) is 14.9 Å². The van der Waals surface area contributed by atoms with Gasteiger partial charge in [0.2, 0.25) is 5.91 Å². The molecule has 1 aliphatic heterocycles. The van der Waals surface area contributed by atoms with E-state index in [1.165, 1.54) is 19.3 Å². The molecule has 5 rings (SSSR count). The van der Waals surface area contributed by atoms with E-state index in [2.05, 4.69) is 38.4 Å². The first-order valence-corrected chi connectivity index (χ1v) is 9.82. The van der Waals surface area contributed by atoms with Gasteiger partial charge in [-0.3, -0.25) is 14.7 Å². The highest BCUT2D eigenvalue weighted by Crippen LogP contribution is 2.52. The second kappa shape index (κ2) is 5.86. The zero-order valence-electron chi connectivity index (χ0n) is 14.6. The van der Waals surface area contributed by atoms with E-state index in [0.717, 1.165) is 27.8 Å². The number of hydrogen-bond donors (Lipinski definition) is 1. The molecule has 2 aliphatic rings. The van der Waals surface area contributed by atoms with E-state index in [1.807, 2.05) is 31.0 Å². The lowest BCUT2D eigenvalue weighted by atomic mass is 9.58. The number of nitrogens with zero attached hydrogens (tertiary/aromatic N) is 3. The Balaban J connectivity index is 1.41. The van der Waals surface area contributed by atoms with Gasteiger partial charge >= 0.3 is 0 Å². The van der Waals surface area contributed by atoms with Crippen LogP contribution in [-0.2, 0) is 4.79 Å². The number of nitrogens with one attached hydrogen (secondary N) is 1. The molecule has 2 aromatic heterocycles. The molecule has 3 aromatic rings. The topological polar surface area (TPSA) is 58.1 Å². The number of amides is 1. The number of carbonyl (C=O) groups excluding carboxylic acids is 1. The van der Waals surface area contributed by atoms with E-state index in [4.69, 9.17) is 0 Å². The summed E-state index contributed by atoms with van der Waals surface area (Å²) in [5, 5.41) is 5.18. The van der Waals surface area contributed by atoms with Crippen molar-refractivity contribution < 1.29 is 4.79 Å². The Hall–Kier alpha value is -2.31. The van der Waals surface area contributed by atoms with Gasteiger partial charge in [-0.1, -0.05) is 18.6 Å². The lowest BCUT2D eigenvalue weighted by Gasteiger charge is -2.60. The van der Waals surface area contributed by atoms with Crippen molar-refractivity contribution in [3.8, 4) is 10.4 Å². The van der Waals surface area contributed by atoms with Gasteiger partial charge < -0.3 is 5.32 Å². The molecule has 26 heavy (non-hydrogen) atoms. The molecule has 1 atom stereocenters. The number of pyridine rings is 1. The number of rotatable bonds is 3. The van der Waals surface area contributed by atoms with E-state index in [9.17, 15) is 4.79 Å². The van der Waals surface area contributed by atoms with Crippen LogP contribution in [0.4, 0.5) is 5.82 Å². The first-order chi connectivity index (χ1) is 12.6. The number of carbonyl (C=O) groups is 1. The van der Waals surface area contributed by atoms with Crippen LogP contribution in [-0.4, -0.2) is 40.4 Å². The third kappa shape index (κ3) is 2.44. The van der Waals surface area contributed by atoms with Crippen LogP contribution in [0.25, 0.3) is 21.2 Å². The quantitative estimate of drug-likeness (QED) is 0.768. The Kier molecular flexibility index (Phi) is 3.58. The zero-order chi connectivity index (χ0) is 17.7. The lowest BCUT2D eigenvalue weighted by molar-refractivity contribution is -0.151. The Labute approximate surface area is 156 Å². The molecule has 132 valence electrons. The van der Waals surface area contributed by atoms with Crippen molar-refractivity contribution in [2.75, 3.05) is 18.9 Å². The maximum absolute atomic E-state index is 12.8. The molecule has 1 saturated heterocycles. The van der Waals surface area contributed by atoms with Crippen molar-refractivity contribution in [2.24, 2.45) is 5.41 Å². The van der Waals surface area contributed by atoms with Gasteiger partial charge in [-0.2, -0.15) is 0 Å². The summed E-state index contributed by atoms with van der Waals surface area (Å²) in [7, 11) is 2.03. The van der Waals surface area contributed by atoms with Gasteiger partial charge in [0.25, 0.3) is 0 Å². The smallest absolute Gasteiger partial charge is 0.243 e. The molecular weight excluding hydrogens is 344 g/mol. The van der Waals surface area contributed by atoms with Crippen molar-refractivity contribution in [1.29, 1.82) is 0 Å². The molecule has 1 amide bonds. The number of likely N-dealkylation sites (N-methyl/N-ethyl adjacent to an activating group) is 1. The minimum atomic E-state index is -0.0164. The fourth-order valence-electron chi connectivity index (χ4n) is 4.49. The van der Waals surface area contributed by atoms with E-state index in [1.54, 1.807) is 11.3 Å². The van der Waals surface area contributed by atoms with Crippen molar-refractivity contribution in [3.05, 3.63) is 42.2 Å². The summed E-state index contributed by atoms with van der Waals surface area (Å²) in [5.74, 6) is 0.697. The monoisotopic (exact) mass is 364 g/mol. The lowest BCUT2D eigenvalue weighted by Crippen LogP contribution is -2.69. The largest absolute Gasteiger partial charge is 0.309 e. The van der Waals surface area contributed by atoms with Crippen molar-refractivity contribution in [3.63, 3.8) is 0 Å². The third-order valence-corrected chi connectivity index (χ3v) is 6.69. The van der Waals surface area contributed by atoms with E-state index < -0.39 is 0 Å². The number of hydrogen-bond acceptors (Lipinski definition) is 5. The second-order valence-electron chi connectivity index (χ2n) is 7.52. The van der Waals surface area contributed by atoms with Gasteiger partial charge in [-0.15, -0.1) is 11.3 Å². The molecule has 1 saturated carbocycles. The maximum Gasteiger partial charge on any atom is 0.243 e. The maximum atomic E-state index is 12.8. The van der Waals surface area contributed by atoms with Gasteiger partial charge in [-0.05, 0) is 43.0 Å². The van der Waals surface area contributed by atoms with Crippen molar-refractivity contribution >= 4 is 33.8 Å². The number of benzene rings is 1. The molecule has 0 bridgehead atoms. The van der Waals surface area contributed by atoms with Crippen molar-refractivity contribution in [2.45, 2.75) is 25.3 Å². The first kappa shape index (κ1) is 15.9. The molecule has 1 aromatic carbocycles. The molecule has 5 nitrogen and oxygen atoms in total. The first-order valence-electron chi connectivity index (χ1n) is 8.94. The normalized spacial score (nSPS) is 21.3. The number of fused-ring (bicyclic) bond motifs is 1. The predicted molar refractivity (Wildman–Crippen MR) is 104 cm³/mol. The van der Waals surface area contributed by atoms with Crippen LogP contribution in [0.5, 0.6) is 0 Å². The predicted octanol–water partition coefficient (Wildman–Crippen LogP) is 3.78. The van der Waals surface area contributed by atoms with Crippen LogP contribution in [0.3, 0.4) is 0 Å². The average molecular weight is 364 g/mol. The summed E-state index contributed by atoms with van der Waals surface area (Å²) in [6.45, 7) is 1.04. The third-order valence-electron chi connectivity index (χ3n) is 5.87. The average Bonchev–Trinajstić information content (AvgIpc) is 3.11. The van der Waals surface area contributed by atoms with E-state index in [-0.39, 0.29) is 17.4 Å². The van der Waals surface area contributed by atoms with Gasteiger partial charge in [0.1, 0.15) is 5.82 Å². The van der Waals surface area contributed by atoms with Gasteiger partial charge in [0, 0.05) is 29.7 Å². The second-order valence-corrected chi connectivity index (χ2v) is 8.41. The molecule has 1 aliphatic carbocycles. The van der Waals surface area contributed by atoms with Gasteiger partial charge in [0.15, 0.2) is 0 Å². The fraction of sp³-hybridized carbons (Fsp3) is 0.350. The van der Waals surface area contributed by atoms with Gasteiger partial charge in [0.05, 0.1) is 16.4 Å². The number of anilines is 1. The minimum absolute atomic E-state index is 0.0164. The molecule has 1 unspecified atom stereocenters. The van der Waals surface area contributed by atoms with E-state index >= 15 is 0 Å². The minimum Gasteiger partial charge on any atom is -0.309 e. The highest BCUT2D eigenvalue weighted by atomic mass is 32.1. The molecular formula is C20H20N4OS. The highest BCUT2D eigenvalue weighted by molar-refractivity contribution is 7.13. The van der Waals surface area contributed by atoms with E-state index in [0.29, 0.717) is 5.82 Å². The molecule has 3 heterocycles. The Morgan fingerprint density at radius 3 is 2.85 bits per heavy atom. The summed E-state index contributed by atoms with van der Waals surface area (Å²) in [6.07, 6.45) is 7.27. The summed E-state index contributed by atoms with van der Waals surface area (Å²) >= 11 is 1.62. The molecule has 1 N–H and O–H groups in total. The van der Waals surface area contributed by atoms with Gasteiger partial charge in [-0.25, -0.2) is 4.98 Å². The Bertz CT molecular complexity index is 981. The molecule has 0 radical (unpaired) electrons. The fourth-order valence-corrected chi connectivity index (χ4v) is 5.11. The van der Waals surface area contributed by atoms with Crippen LogP contribution in [0.2, 0.25) is 0 Å². The molecule has 1 spiro atoms. The standard InChI is InChI=1S/C20H20N4OS/c1-24-11-20(5-2-6-20)18(24)19(25)23-17-8-15-7-13(16-10-21-12-26-16)3-4-14(15)9-22-17/h3-4,7-10,12,18H,2,5-6,11H2,1H3,(H,22,23,25). The summed E-state index contributed by atoms with van der Waals surface area (Å²) in [6, 6.07) is 8.22. The van der Waals surface area contributed by atoms with Crippen LogP contribution >= 0.6 is 11.3 Å². The number of likely N-dealkylation sites (tertiary alicyclic amines) is 1. The summed E-state index contributed by atoms with van der Waals surface area (Å²) in [4.78, 5) is 24.7. The summed E-state index contributed by atoms with van der Waals surface area (Å²) in [5.41, 5.74) is 3.19. The molecule has 6 heteroatoms. The molecule has 2 fully saturated rings. The number of aromatic nitrogens is 2. The van der Waals surface area contributed by atoms with Crippen LogP contribution < -0.4 is 5.32 Å².